The van der Waals surface area contributed by atoms with Crippen molar-refractivity contribution in [3.8, 4) is 24.3 Å². The topological polar surface area (TPSA) is 197 Å². The molecule has 0 saturated carbocycles. The molecule has 8 rings (SSSR count). The van der Waals surface area contributed by atoms with Gasteiger partial charge in [-0.05, 0) is 10.9 Å². The van der Waals surface area contributed by atoms with Crippen LogP contribution in [-0.4, -0.2) is 35.6 Å². The van der Waals surface area contributed by atoms with Crippen molar-refractivity contribution in [3.05, 3.63) is 70.3 Å². The molecule has 3 aromatic carbocycles. The Labute approximate surface area is 223 Å². The largest absolute Gasteiger partial charge is 0.354 e. The molecule has 1 aliphatic heterocycles. The second kappa shape index (κ2) is 7.45. The molecule has 1 aliphatic carbocycles. The second-order valence-corrected chi connectivity index (χ2v) is 9.10. The van der Waals surface area contributed by atoms with E-state index in [1.807, 2.05) is 60.7 Å². The number of anilines is 1. The number of aliphatic imine (C=N–C) groups is 1. The third-order valence-electron chi connectivity index (χ3n) is 7.11. The van der Waals surface area contributed by atoms with Gasteiger partial charge in [0.25, 0.3) is 0 Å². The summed E-state index contributed by atoms with van der Waals surface area (Å²) < 4.78 is 0. The molecule has 0 bridgehead atoms. The van der Waals surface area contributed by atoms with E-state index < -0.39 is 6.04 Å². The minimum atomic E-state index is -0.405. The summed E-state index contributed by atoms with van der Waals surface area (Å²) in [5.74, 6) is 0.546. The Hall–Kier alpha value is -6.63. The van der Waals surface area contributed by atoms with Crippen molar-refractivity contribution in [1.82, 2.24) is 29.9 Å². The average molecular weight is 512 g/mol. The predicted molar refractivity (Wildman–Crippen MR) is 141 cm³/mol. The summed E-state index contributed by atoms with van der Waals surface area (Å²) in [6.07, 6.45) is 0. The second-order valence-electron chi connectivity index (χ2n) is 9.10. The van der Waals surface area contributed by atoms with E-state index in [0.717, 1.165) is 32.7 Å². The van der Waals surface area contributed by atoms with Crippen molar-refractivity contribution in [1.29, 1.82) is 21.0 Å². The first kappa shape index (κ1) is 21.5. The molecular weight excluding hydrogens is 504 g/mol. The number of rotatable bonds is 0. The highest BCUT2D eigenvalue weighted by Crippen LogP contribution is 2.47. The van der Waals surface area contributed by atoms with Crippen molar-refractivity contribution in [2.75, 3.05) is 5.32 Å². The van der Waals surface area contributed by atoms with E-state index in [4.69, 9.17) is 15.0 Å². The summed E-state index contributed by atoms with van der Waals surface area (Å²) in [6.45, 7) is 0. The first-order valence-corrected chi connectivity index (χ1v) is 11.9. The van der Waals surface area contributed by atoms with Gasteiger partial charge < -0.3 is 5.32 Å². The van der Waals surface area contributed by atoms with Gasteiger partial charge >= 0.3 is 0 Å². The first-order valence-electron chi connectivity index (χ1n) is 11.9. The molecule has 0 radical (unpaired) electrons. The molecule has 0 saturated heterocycles. The van der Waals surface area contributed by atoms with Crippen LogP contribution in [0.4, 0.5) is 11.6 Å². The molecule has 0 spiro atoms. The van der Waals surface area contributed by atoms with Gasteiger partial charge in [-0.1, -0.05) is 36.4 Å². The maximum atomic E-state index is 9.45. The highest BCUT2D eigenvalue weighted by Gasteiger charge is 2.35. The van der Waals surface area contributed by atoms with Crippen molar-refractivity contribution in [3.63, 3.8) is 0 Å². The number of nitrogens with one attached hydrogen (secondary N) is 1. The summed E-state index contributed by atoms with van der Waals surface area (Å²) in [5, 5.41) is 44.6. The lowest BCUT2D eigenvalue weighted by Gasteiger charge is -2.32. The monoisotopic (exact) mass is 512 g/mol. The fourth-order valence-corrected chi connectivity index (χ4v) is 5.52. The molecule has 12 nitrogen and oxygen atoms in total. The van der Waals surface area contributed by atoms with Crippen LogP contribution in [0, 0.1) is 45.3 Å². The summed E-state index contributed by atoms with van der Waals surface area (Å²) >= 11 is 0. The molecule has 180 valence electrons. The summed E-state index contributed by atoms with van der Waals surface area (Å²) in [5.41, 5.74) is 3.57. The molecule has 40 heavy (non-hydrogen) atoms. The third-order valence-corrected chi connectivity index (χ3v) is 7.11. The van der Waals surface area contributed by atoms with E-state index in [1.54, 1.807) is 0 Å². The lowest BCUT2D eigenvalue weighted by atomic mass is 9.81. The van der Waals surface area contributed by atoms with E-state index >= 15 is 0 Å². The zero-order chi connectivity index (χ0) is 27.1. The fraction of sp³-hybridized carbons (Fsp3) is 0.0357. The number of fused-ring (bicyclic) bond motifs is 8. The van der Waals surface area contributed by atoms with Gasteiger partial charge in [-0.2, -0.15) is 21.0 Å². The number of aromatic nitrogens is 6. The summed E-state index contributed by atoms with van der Waals surface area (Å²) in [7, 11) is 0. The van der Waals surface area contributed by atoms with Gasteiger partial charge in [-0.25, -0.2) is 34.9 Å². The maximum absolute atomic E-state index is 9.45. The van der Waals surface area contributed by atoms with Crippen LogP contribution in [0.5, 0.6) is 0 Å². The van der Waals surface area contributed by atoms with Gasteiger partial charge in [0.15, 0.2) is 45.7 Å². The fourth-order valence-electron chi connectivity index (χ4n) is 5.52. The number of hydrogen-bond acceptors (Lipinski definition) is 12. The van der Waals surface area contributed by atoms with E-state index in [0.29, 0.717) is 22.6 Å². The van der Waals surface area contributed by atoms with Crippen LogP contribution >= 0.6 is 0 Å². The molecule has 0 fully saturated rings. The third kappa shape index (κ3) is 2.61. The average Bonchev–Trinajstić information content (AvgIpc) is 3.01. The van der Waals surface area contributed by atoms with Crippen LogP contribution in [0.25, 0.3) is 43.9 Å². The van der Waals surface area contributed by atoms with Crippen molar-refractivity contribution in [2.24, 2.45) is 4.99 Å². The Morgan fingerprint density at radius 1 is 0.625 bits per heavy atom. The molecule has 4 heterocycles. The normalized spacial score (nSPS) is 14.5. The number of nitrogens with zero attached hydrogens (tertiary/aromatic N) is 11. The summed E-state index contributed by atoms with van der Waals surface area (Å²) in [4.78, 5) is 31.5. The Kier molecular flexibility index (Phi) is 4.00. The Morgan fingerprint density at radius 2 is 1.20 bits per heavy atom. The molecule has 3 aromatic heterocycles. The zero-order valence-corrected chi connectivity index (χ0v) is 20.0. The first-order chi connectivity index (χ1) is 19.6. The molecule has 0 amide bonds. The molecule has 1 unspecified atom stereocenters. The highest BCUT2D eigenvalue weighted by molar-refractivity contribution is 6.33. The molecule has 6 aromatic rings. The molecule has 12 heteroatoms. The van der Waals surface area contributed by atoms with E-state index in [9.17, 15) is 21.0 Å². The molecule has 1 atom stereocenters. The predicted octanol–water partition coefficient (Wildman–Crippen LogP) is 3.76. The Balaban J connectivity index is 1.51. The summed E-state index contributed by atoms with van der Waals surface area (Å²) in [6, 6.07) is 18.9. The van der Waals surface area contributed by atoms with Crippen LogP contribution in [0.15, 0.2) is 41.4 Å². The van der Waals surface area contributed by atoms with Gasteiger partial charge in [0, 0.05) is 21.7 Å². The Bertz CT molecular complexity index is 2420. The van der Waals surface area contributed by atoms with E-state index in [2.05, 4.69) is 25.3 Å². The maximum Gasteiger partial charge on any atom is 0.199 e. The molecule has 2 aliphatic rings. The van der Waals surface area contributed by atoms with Gasteiger partial charge in [0.2, 0.25) is 0 Å². The smallest absolute Gasteiger partial charge is 0.199 e. The lowest BCUT2D eigenvalue weighted by molar-refractivity contribution is 0.970. The number of hydrogen-bond donors (Lipinski definition) is 1. The van der Waals surface area contributed by atoms with Crippen molar-refractivity contribution in [2.45, 2.75) is 6.04 Å². The van der Waals surface area contributed by atoms with Gasteiger partial charge in [-0.3, -0.25) is 0 Å². The lowest BCUT2D eigenvalue weighted by Crippen LogP contribution is -2.29. The Morgan fingerprint density at radius 3 is 1.85 bits per heavy atom. The van der Waals surface area contributed by atoms with Gasteiger partial charge in [0.1, 0.15) is 24.3 Å². The van der Waals surface area contributed by atoms with Crippen LogP contribution in [-0.2, 0) is 0 Å². The van der Waals surface area contributed by atoms with E-state index in [-0.39, 0.29) is 39.9 Å². The van der Waals surface area contributed by atoms with Crippen LogP contribution < -0.4 is 5.32 Å². The van der Waals surface area contributed by atoms with Crippen molar-refractivity contribution >= 4 is 61.2 Å². The van der Waals surface area contributed by atoms with Crippen LogP contribution in [0.2, 0.25) is 0 Å². The van der Waals surface area contributed by atoms with Gasteiger partial charge in [-0.15, -0.1) is 0 Å². The number of nitriles is 4. The van der Waals surface area contributed by atoms with E-state index in [1.165, 1.54) is 0 Å². The zero-order valence-electron chi connectivity index (χ0n) is 20.0. The highest BCUT2D eigenvalue weighted by atomic mass is 15.1. The standard InChI is InChI=1S/C28H8N12/c29-7-15-17(9-31)35-27-25(33-15)37-21-11-3-1-4-12-19(11)20-13(23(21)39-27)5-2-6-14(20)24-22(12)38-26-28(40-24)36-18(10-32)16(8-30)34-26/h1-6,21H,(H,33,37). The minimum Gasteiger partial charge on any atom is -0.354 e. The number of benzene rings is 3. The van der Waals surface area contributed by atoms with Gasteiger partial charge in [0.05, 0.1) is 22.8 Å². The molecule has 1 N–H and O–H groups in total. The van der Waals surface area contributed by atoms with Crippen LogP contribution in [0.3, 0.4) is 0 Å². The van der Waals surface area contributed by atoms with Crippen LogP contribution in [0.1, 0.15) is 39.9 Å². The SMILES string of the molecule is N#Cc1nc2c(nc1C#N)NC1C(=N2)c2cccc3c4nc5nc(C#N)c(C#N)nc5nc4c4cccc1c4c23. The minimum absolute atomic E-state index is 0.0746. The quantitative estimate of drug-likeness (QED) is 0.230. The molecular formula is C28H8N12. The van der Waals surface area contributed by atoms with Crippen molar-refractivity contribution < 1.29 is 0 Å².